The zero-order chi connectivity index (χ0) is 20.8. The zero-order valence-corrected chi connectivity index (χ0v) is 16.5. The normalized spacial score (nSPS) is 19.6. The van der Waals surface area contributed by atoms with Crippen LogP contribution >= 0.6 is 15.9 Å². The standard InChI is InChI=1S/C20H15BrF3N3O2/c21-13-6-4-11(5-7-13)17-16-15(8-9-25-18(16)28)27(19(29)26-17)14-3-1-2-12(10-14)20(22,23)24/h1-7,10,17H,8-9H2,(H,25,28)(H,26,29). The minimum atomic E-state index is -4.54. The van der Waals surface area contributed by atoms with E-state index in [1.807, 2.05) is 0 Å². The van der Waals surface area contributed by atoms with Crippen LogP contribution in [-0.2, 0) is 11.0 Å². The molecule has 2 heterocycles. The van der Waals surface area contributed by atoms with Gasteiger partial charge in [0.15, 0.2) is 0 Å². The number of anilines is 1. The van der Waals surface area contributed by atoms with Crippen molar-refractivity contribution in [3.8, 4) is 0 Å². The van der Waals surface area contributed by atoms with Crippen LogP contribution in [0.15, 0.2) is 64.3 Å². The highest BCUT2D eigenvalue weighted by molar-refractivity contribution is 9.10. The van der Waals surface area contributed by atoms with Crippen LogP contribution in [0.2, 0.25) is 0 Å². The summed E-state index contributed by atoms with van der Waals surface area (Å²) in [5, 5.41) is 5.51. The average Bonchev–Trinajstić information content (AvgIpc) is 2.67. The van der Waals surface area contributed by atoms with Gasteiger partial charge < -0.3 is 10.6 Å². The lowest BCUT2D eigenvalue weighted by atomic mass is 9.90. The monoisotopic (exact) mass is 465 g/mol. The van der Waals surface area contributed by atoms with Crippen molar-refractivity contribution >= 4 is 33.6 Å². The molecular weight excluding hydrogens is 451 g/mol. The lowest BCUT2D eigenvalue weighted by molar-refractivity contribution is -0.137. The fraction of sp³-hybridized carbons (Fsp3) is 0.200. The number of nitrogens with zero attached hydrogens (tertiary/aromatic N) is 1. The summed E-state index contributed by atoms with van der Waals surface area (Å²) >= 11 is 3.35. The van der Waals surface area contributed by atoms with Crippen molar-refractivity contribution in [3.05, 3.63) is 75.4 Å². The Morgan fingerprint density at radius 3 is 2.48 bits per heavy atom. The molecule has 29 heavy (non-hydrogen) atoms. The van der Waals surface area contributed by atoms with Gasteiger partial charge in [0, 0.05) is 23.1 Å². The van der Waals surface area contributed by atoms with Crippen LogP contribution in [0, 0.1) is 0 Å². The zero-order valence-electron chi connectivity index (χ0n) is 14.9. The second kappa shape index (κ2) is 7.22. The molecular formula is C20H15BrF3N3O2. The molecule has 150 valence electrons. The van der Waals surface area contributed by atoms with Crippen molar-refractivity contribution in [2.75, 3.05) is 11.4 Å². The van der Waals surface area contributed by atoms with Crippen molar-refractivity contribution in [1.29, 1.82) is 0 Å². The Hall–Kier alpha value is -2.81. The minimum Gasteiger partial charge on any atom is -0.352 e. The quantitative estimate of drug-likeness (QED) is 0.685. The van der Waals surface area contributed by atoms with E-state index in [0.717, 1.165) is 16.6 Å². The van der Waals surface area contributed by atoms with E-state index in [4.69, 9.17) is 0 Å². The Morgan fingerprint density at radius 1 is 1.07 bits per heavy atom. The van der Waals surface area contributed by atoms with Gasteiger partial charge in [-0.15, -0.1) is 0 Å². The number of nitrogens with one attached hydrogen (secondary N) is 2. The van der Waals surface area contributed by atoms with E-state index in [1.54, 1.807) is 24.3 Å². The molecule has 0 fully saturated rings. The molecule has 2 N–H and O–H groups in total. The molecule has 0 spiro atoms. The third kappa shape index (κ3) is 3.62. The van der Waals surface area contributed by atoms with Gasteiger partial charge in [-0.25, -0.2) is 4.79 Å². The smallest absolute Gasteiger partial charge is 0.352 e. The van der Waals surface area contributed by atoms with Gasteiger partial charge in [-0.1, -0.05) is 34.1 Å². The molecule has 2 aromatic rings. The number of benzene rings is 2. The van der Waals surface area contributed by atoms with Crippen LogP contribution in [0.1, 0.15) is 23.6 Å². The lowest BCUT2D eigenvalue weighted by Gasteiger charge is -2.39. The molecule has 0 saturated carbocycles. The van der Waals surface area contributed by atoms with E-state index in [9.17, 15) is 22.8 Å². The number of hydrogen-bond acceptors (Lipinski definition) is 2. The summed E-state index contributed by atoms with van der Waals surface area (Å²) in [7, 11) is 0. The Balaban J connectivity index is 1.84. The minimum absolute atomic E-state index is 0.0637. The predicted octanol–water partition coefficient (Wildman–Crippen LogP) is 4.51. The van der Waals surface area contributed by atoms with Crippen LogP contribution in [0.5, 0.6) is 0 Å². The Labute approximate surface area is 172 Å². The largest absolute Gasteiger partial charge is 0.416 e. The third-order valence-electron chi connectivity index (χ3n) is 4.87. The highest BCUT2D eigenvalue weighted by atomic mass is 79.9. The number of alkyl halides is 3. The molecule has 0 saturated heterocycles. The molecule has 2 aliphatic heterocycles. The first-order chi connectivity index (χ1) is 13.8. The summed E-state index contributed by atoms with van der Waals surface area (Å²) in [6, 6.07) is 10.4. The summed E-state index contributed by atoms with van der Waals surface area (Å²) in [6.45, 7) is 0.299. The second-order valence-electron chi connectivity index (χ2n) is 6.68. The summed E-state index contributed by atoms with van der Waals surface area (Å²) in [5.74, 6) is -0.351. The van der Waals surface area contributed by atoms with Crippen molar-refractivity contribution < 1.29 is 22.8 Å². The molecule has 0 aromatic heterocycles. The molecule has 4 rings (SSSR count). The molecule has 0 aliphatic carbocycles. The molecule has 2 aromatic carbocycles. The van der Waals surface area contributed by atoms with Gasteiger partial charge in [0.2, 0.25) is 0 Å². The van der Waals surface area contributed by atoms with Crippen molar-refractivity contribution in [1.82, 2.24) is 10.6 Å². The highest BCUT2D eigenvalue weighted by Gasteiger charge is 2.40. The Kier molecular flexibility index (Phi) is 4.85. The van der Waals surface area contributed by atoms with E-state index in [-0.39, 0.29) is 11.6 Å². The number of carbonyl (C=O) groups excluding carboxylic acids is 2. The lowest BCUT2D eigenvalue weighted by Crippen LogP contribution is -2.52. The summed E-state index contributed by atoms with van der Waals surface area (Å²) in [4.78, 5) is 26.7. The van der Waals surface area contributed by atoms with E-state index < -0.39 is 23.8 Å². The van der Waals surface area contributed by atoms with Crippen molar-refractivity contribution in [3.63, 3.8) is 0 Å². The van der Waals surface area contributed by atoms with Crippen molar-refractivity contribution in [2.45, 2.75) is 18.6 Å². The van der Waals surface area contributed by atoms with Crippen LogP contribution in [0.3, 0.4) is 0 Å². The molecule has 9 heteroatoms. The number of rotatable bonds is 2. The van der Waals surface area contributed by atoms with Crippen molar-refractivity contribution in [2.24, 2.45) is 0 Å². The molecule has 1 atom stereocenters. The molecule has 5 nitrogen and oxygen atoms in total. The van der Waals surface area contributed by atoms with E-state index in [2.05, 4.69) is 26.6 Å². The molecule has 0 bridgehead atoms. The van der Waals surface area contributed by atoms with Crippen LogP contribution < -0.4 is 15.5 Å². The fourth-order valence-electron chi connectivity index (χ4n) is 3.57. The van der Waals surface area contributed by atoms with Gasteiger partial charge in [-0.2, -0.15) is 13.2 Å². The molecule has 2 aliphatic rings. The van der Waals surface area contributed by atoms with Crippen LogP contribution in [-0.4, -0.2) is 18.5 Å². The number of hydrogen-bond donors (Lipinski definition) is 2. The van der Waals surface area contributed by atoms with Gasteiger partial charge in [0.25, 0.3) is 5.91 Å². The molecule has 1 unspecified atom stereocenters. The highest BCUT2D eigenvalue weighted by Crippen LogP contribution is 2.38. The van der Waals surface area contributed by atoms with Gasteiger partial charge >= 0.3 is 12.2 Å². The van der Waals surface area contributed by atoms with Gasteiger partial charge in [-0.3, -0.25) is 9.69 Å². The maximum atomic E-state index is 13.1. The molecule has 3 amide bonds. The second-order valence-corrected chi connectivity index (χ2v) is 7.60. The van der Waals surface area contributed by atoms with Crippen LogP contribution in [0.4, 0.5) is 23.7 Å². The molecule has 0 radical (unpaired) electrons. The fourth-order valence-corrected chi connectivity index (χ4v) is 3.83. The average molecular weight is 466 g/mol. The number of carbonyl (C=O) groups is 2. The first-order valence-corrected chi connectivity index (χ1v) is 9.59. The maximum Gasteiger partial charge on any atom is 0.416 e. The topological polar surface area (TPSA) is 61.4 Å². The Bertz CT molecular complexity index is 1020. The van der Waals surface area contributed by atoms with Gasteiger partial charge in [0.1, 0.15) is 0 Å². The third-order valence-corrected chi connectivity index (χ3v) is 5.40. The van der Waals surface area contributed by atoms with Gasteiger partial charge in [0.05, 0.1) is 22.9 Å². The van der Waals surface area contributed by atoms with Gasteiger partial charge in [-0.05, 0) is 35.9 Å². The SMILES string of the molecule is O=C1NCCC2=C1C(c1ccc(Br)cc1)NC(=O)N2c1cccc(C(F)(F)F)c1. The summed E-state index contributed by atoms with van der Waals surface area (Å²) in [5.41, 5.74) is 0.643. The van der Waals surface area contributed by atoms with Crippen LogP contribution in [0.25, 0.3) is 0 Å². The first-order valence-electron chi connectivity index (χ1n) is 8.80. The Morgan fingerprint density at radius 2 is 1.79 bits per heavy atom. The number of amides is 3. The summed E-state index contributed by atoms with van der Waals surface area (Å²) in [6.07, 6.45) is -4.21. The van der Waals surface area contributed by atoms with E-state index in [0.29, 0.717) is 29.8 Å². The number of urea groups is 1. The van der Waals surface area contributed by atoms with E-state index in [1.165, 1.54) is 17.0 Å². The number of halogens is 4. The van der Waals surface area contributed by atoms with E-state index >= 15 is 0 Å². The maximum absolute atomic E-state index is 13.1. The predicted molar refractivity (Wildman–Crippen MR) is 104 cm³/mol. The summed E-state index contributed by atoms with van der Waals surface area (Å²) < 4.78 is 40.3. The first kappa shape index (κ1) is 19.5.